The van der Waals surface area contributed by atoms with Gasteiger partial charge in [-0.2, -0.15) is 0 Å². The zero-order chi connectivity index (χ0) is 24.4. The van der Waals surface area contributed by atoms with Crippen LogP contribution in [0.3, 0.4) is 0 Å². The molecule has 0 radical (unpaired) electrons. The van der Waals surface area contributed by atoms with E-state index in [1.807, 2.05) is 0 Å². The predicted octanol–water partition coefficient (Wildman–Crippen LogP) is 6.10. The van der Waals surface area contributed by atoms with E-state index in [1.54, 1.807) is 6.07 Å². The molecule has 2 heterocycles. The summed E-state index contributed by atoms with van der Waals surface area (Å²) in [6.45, 7) is 7.44. The van der Waals surface area contributed by atoms with Gasteiger partial charge in [0.15, 0.2) is 5.75 Å². The number of aromatic nitrogens is 2. The number of hydrogen-bond acceptors (Lipinski definition) is 7. The number of fused-ring (bicyclic) bond motifs is 1. The third-order valence-electron chi connectivity index (χ3n) is 6.40. The van der Waals surface area contributed by atoms with Crippen LogP contribution in [0.2, 0.25) is 5.02 Å². The van der Waals surface area contributed by atoms with Crippen LogP contribution < -0.4 is 10.1 Å². The van der Waals surface area contributed by atoms with Crippen molar-refractivity contribution in [2.24, 2.45) is 0 Å². The minimum absolute atomic E-state index is 0.0428. The molecule has 0 saturated carbocycles. The Morgan fingerprint density at radius 3 is 2.74 bits per heavy atom. The molecule has 180 valence electrons. The van der Waals surface area contributed by atoms with E-state index in [1.165, 1.54) is 30.6 Å². The average molecular weight is 488 g/mol. The quantitative estimate of drug-likeness (QED) is 0.317. The average Bonchev–Trinajstić information content (AvgIpc) is 2.80. The van der Waals surface area contributed by atoms with Gasteiger partial charge in [0.2, 0.25) is 0 Å². The number of rotatable bonds is 7. The first kappa shape index (κ1) is 24.1. The molecule has 1 fully saturated rings. The summed E-state index contributed by atoms with van der Waals surface area (Å²) < 4.78 is 19.7. The number of hydrogen-bond donors (Lipinski definition) is 1. The molecule has 1 saturated heterocycles. The highest BCUT2D eigenvalue weighted by atomic mass is 35.5. The Morgan fingerprint density at radius 1 is 1.26 bits per heavy atom. The zero-order valence-electron chi connectivity index (χ0n) is 19.3. The summed E-state index contributed by atoms with van der Waals surface area (Å²) in [5, 5.41) is 15.4. The van der Waals surface area contributed by atoms with Crippen molar-refractivity contribution in [1.29, 1.82) is 0 Å². The van der Waals surface area contributed by atoms with Crippen LogP contribution in [0.4, 0.5) is 21.6 Å². The SMILES string of the molecule is CCC1CC(Oc2cc3ncnc(Nc4ccc(F)c(Cl)c4)c3cc2[N+](=O)[O-])CC(C)N1CC. The summed E-state index contributed by atoms with van der Waals surface area (Å²) in [5.41, 5.74) is 0.843. The number of likely N-dealkylation sites (tertiary alicyclic amines) is 1. The number of nitrogens with one attached hydrogen (secondary N) is 1. The van der Waals surface area contributed by atoms with E-state index in [2.05, 4.69) is 41.0 Å². The minimum Gasteiger partial charge on any atom is -0.483 e. The fraction of sp³-hybridized carbons (Fsp3) is 0.417. The molecule has 0 spiro atoms. The third kappa shape index (κ3) is 4.90. The van der Waals surface area contributed by atoms with Crippen molar-refractivity contribution in [1.82, 2.24) is 14.9 Å². The predicted molar refractivity (Wildman–Crippen MR) is 130 cm³/mol. The number of nitrogens with zero attached hydrogens (tertiary/aromatic N) is 4. The molecule has 1 N–H and O–H groups in total. The summed E-state index contributed by atoms with van der Waals surface area (Å²) >= 11 is 5.87. The highest BCUT2D eigenvalue weighted by molar-refractivity contribution is 6.31. The van der Waals surface area contributed by atoms with E-state index >= 15 is 0 Å². The lowest BCUT2D eigenvalue weighted by atomic mass is 9.92. The second-order valence-corrected chi connectivity index (χ2v) is 8.93. The monoisotopic (exact) mass is 487 g/mol. The lowest BCUT2D eigenvalue weighted by molar-refractivity contribution is -0.386. The van der Waals surface area contributed by atoms with Crippen molar-refractivity contribution < 1.29 is 14.1 Å². The Hall–Kier alpha value is -3.04. The van der Waals surface area contributed by atoms with Crippen LogP contribution >= 0.6 is 11.6 Å². The summed E-state index contributed by atoms with van der Waals surface area (Å²) in [5.74, 6) is 0.00353. The van der Waals surface area contributed by atoms with Crippen LogP contribution in [0.15, 0.2) is 36.7 Å². The Labute approximate surface area is 202 Å². The van der Waals surface area contributed by atoms with Gasteiger partial charge in [-0.25, -0.2) is 14.4 Å². The number of benzene rings is 2. The van der Waals surface area contributed by atoms with Crippen molar-refractivity contribution in [3.8, 4) is 5.75 Å². The van der Waals surface area contributed by atoms with Gasteiger partial charge < -0.3 is 10.1 Å². The molecule has 3 unspecified atom stereocenters. The van der Waals surface area contributed by atoms with Crippen LogP contribution in [0.25, 0.3) is 10.9 Å². The lowest BCUT2D eigenvalue weighted by Crippen LogP contribution is -2.50. The highest BCUT2D eigenvalue weighted by Gasteiger charge is 2.33. The minimum atomic E-state index is -0.540. The molecule has 0 aliphatic carbocycles. The largest absolute Gasteiger partial charge is 0.483 e. The van der Waals surface area contributed by atoms with Gasteiger partial charge in [0.1, 0.15) is 24.1 Å². The molecule has 1 aliphatic heterocycles. The second-order valence-electron chi connectivity index (χ2n) is 8.52. The van der Waals surface area contributed by atoms with Crippen LogP contribution in [0.1, 0.15) is 40.0 Å². The number of halogens is 2. The molecule has 2 aromatic carbocycles. The first-order chi connectivity index (χ1) is 16.3. The lowest BCUT2D eigenvalue weighted by Gasteiger charge is -2.43. The highest BCUT2D eigenvalue weighted by Crippen LogP contribution is 2.37. The van der Waals surface area contributed by atoms with Gasteiger partial charge in [-0.05, 0) is 50.9 Å². The van der Waals surface area contributed by atoms with E-state index < -0.39 is 10.7 Å². The van der Waals surface area contributed by atoms with E-state index in [-0.39, 0.29) is 22.6 Å². The van der Waals surface area contributed by atoms with Gasteiger partial charge in [0, 0.05) is 29.9 Å². The summed E-state index contributed by atoms with van der Waals surface area (Å²) in [4.78, 5) is 22.5. The molecule has 10 heteroatoms. The maximum Gasteiger partial charge on any atom is 0.311 e. The second kappa shape index (κ2) is 10.1. The molecular weight excluding hydrogens is 461 g/mol. The summed E-state index contributed by atoms with van der Waals surface area (Å²) in [7, 11) is 0. The first-order valence-corrected chi connectivity index (χ1v) is 11.8. The smallest absolute Gasteiger partial charge is 0.311 e. The molecule has 0 amide bonds. The standard InChI is InChI=1S/C24H27ClFN5O3/c1-4-16-10-17(8-14(3)30(16)5-2)34-23-12-21-18(11-22(23)31(32)33)24(28-13-27-21)29-15-6-7-20(26)19(25)9-15/h6-7,9,11-14,16-17H,4-5,8,10H2,1-3H3,(H,27,28,29). The fourth-order valence-corrected chi connectivity index (χ4v) is 4.96. The molecule has 8 nitrogen and oxygen atoms in total. The van der Waals surface area contributed by atoms with E-state index in [0.717, 1.165) is 25.8 Å². The maximum atomic E-state index is 13.5. The number of nitro groups is 1. The van der Waals surface area contributed by atoms with Crippen molar-refractivity contribution >= 4 is 39.7 Å². The number of anilines is 2. The zero-order valence-corrected chi connectivity index (χ0v) is 20.1. The van der Waals surface area contributed by atoms with Gasteiger partial charge in [0.05, 0.1) is 20.8 Å². The van der Waals surface area contributed by atoms with Crippen LogP contribution in [-0.4, -0.2) is 44.5 Å². The Morgan fingerprint density at radius 2 is 2.06 bits per heavy atom. The molecule has 3 aromatic rings. The van der Waals surface area contributed by atoms with E-state index in [0.29, 0.717) is 34.5 Å². The molecule has 1 aromatic heterocycles. The normalized spacial score (nSPS) is 20.9. The molecule has 0 bridgehead atoms. The fourth-order valence-electron chi connectivity index (χ4n) is 4.78. The van der Waals surface area contributed by atoms with E-state index in [4.69, 9.17) is 16.3 Å². The van der Waals surface area contributed by atoms with Crippen molar-refractivity contribution in [2.45, 2.75) is 58.2 Å². The van der Waals surface area contributed by atoms with Gasteiger partial charge in [-0.1, -0.05) is 25.4 Å². The van der Waals surface area contributed by atoms with E-state index in [9.17, 15) is 14.5 Å². The Balaban J connectivity index is 1.67. The van der Waals surface area contributed by atoms with Crippen molar-refractivity contribution in [3.05, 3.63) is 57.6 Å². The van der Waals surface area contributed by atoms with Crippen LogP contribution in [0, 0.1) is 15.9 Å². The Kier molecular flexibility index (Phi) is 7.13. The summed E-state index contributed by atoms with van der Waals surface area (Å²) in [6, 6.07) is 7.87. The van der Waals surface area contributed by atoms with Crippen molar-refractivity contribution in [2.75, 3.05) is 11.9 Å². The molecule has 3 atom stereocenters. The number of nitro benzene ring substituents is 1. The topological polar surface area (TPSA) is 93.4 Å². The maximum absolute atomic E-state index is 13.5. The van der Waals surface area contributed by atoms with Gasteiger partial charge in [-0.15, -0.1) is 0 Å². The van der Waals surface area contributed by atoms with Gasteiger partial charge >= 0.3 is 5.69 Å². The molecule has 34 heavy (non-hydrogen) atoms. The van der Waals surface area contributed by atoms with Gasteiger partial charge in [-0.3, -0.25) is 15.0 Å². The molecule has 4 rings (SSSR count). The van der Waals surface area contributed by atoms with Crippen LogP contribution in [0.5, 0.6) is 5.75 Å². The third-order valence-corrected chi connectivity index (χ3v) is 6.69. The Bertz CT molecular complexity index is 1210. The van der Waals surface area contributed by atoms with Crippen molar-refractivity contribution in [3.63, 3.8) is 0 Å². The first-order valence-electron chi connectivity index (χ1n) is 11.4. The summed E-state index contributed by atoms with van der Waals surface area (Å²) in [6.07, 6.45) is 3.83. The molecule has 1 aliphatic rings. The molecular formula is C24H27ClFN5O3. The number of ether oxygens (including phenoxy) is 1. The van der Waals surface area contributed by atoms with Gasteiger partial charge in [0.25, 0.3) is 0 Å². The van der Waals surface area contributed by atoms with Crippen LogP contribution in [-0.2, 0) is 0 Å². The number of piperidine rings is 1.